The molecule has 0 saturated heterocycles. The molecule has 6 nitrogen and oxygen atoms in total. The van der Waals surface area contributed by atoms with E-state index in [0.717, 1.165) is 24.8 Å². The Balaban J connectivity index is 1.81. The van der Waals surface area contributed by atoms with Crippen LogP contribution >= 0.6 is 0 Å². The van der Waals surface area contributed by atoms with Gasteiger partial charge in [-0.15, -0.1) is 0 Å². The van der Waals surface area contributed by atoms with Gasteiger partial charge in [0.05, 0.1) is 0 Å². The molecule has 39 heavy (non-hydrogen) atoms. The summed E-state index contributed by atoms with van der Waals surface area (Å²) < 4.78 is 6.02. The van der Waals surface area contributed by atoms with E-state index in [0.29, 0.717) is 37.4 Å². The Morgan fingerprint density at radius 1 is 1.15 bits per heavy atom. The first-order chi connectivity index (χ1) is 18.0. The number of ether oxygens (including phenoxy) is 1. The minimum atomic E-state index is -0.532. The monoisotopic (exact) mass is 539 g/mol. The summed E-state index contributed by atoms with van der Waals surface area (Å²) in [5.41, 5.74) is 4.47. The van der Waals surface area contributed by atoms with Crippen molar-refractivity contribution in [3.8, 4) is 0 Å². The lowest BCUT2D eigenvalue weighted by molar-refractivity contribution is -0.154. The van der Waals surface area contributed by atoms with E-state index in [9.17, 15) is 19.6 Å². The zero-order valence-corrected chi connectivity index (χ0v) is 25.3. The number of allylic oxidation sites excluding steroid dienone is 5. The maximum atomic E-state index is 13.3. The molecule has 4 aliphatic carbocycles. The highest BCUT2D eigenvalue weighted by Crippen LogP contribution is 2.72. The van der Waals surface area contributed by atoms with Crippen LogP contribution in [0.2, 0.25) is 0 Å². The number of ketones is 1. The Kier molecular flexibility index (Phi) is 7.64. The first-order valence-electron chi connectivity index (χ1n) is 14.8. The molecule has 4 rings (SSSR count). The highest BCUT2D eigenvalue weighted by atomic mass is 16.5. The Morgan fingerprint density at radius 3 is 2.41 bits per heavy atom. The van der Waals surface area contributed by atoms with Gasteiger partial charge in [0, 0.05) is 36.0 Å². The second kappa shape index (κ2) is 10.0. The molecule has 0 aromatic carbocycles. The fourth-order valence-electron chi connectivity index (χ4n) is 9.11. The van der Waals surface area contributed by atoms with Crippen LogP contribution in [0.15, 0.2) is 35.5 Å². The van der Waals surface area contributed by atoms with Gasteiger partial charge in [-0.2, -0.15) is 0 Å². The van der Waals surface area contributed by atoms with Crippen LogP contribution in [0.4, 0.5) is 0 Å². The molecule has 4 aliphatic rings. The van der Waals surface area contributed by atoms with E-state index in [1.807, 2.05) is 5.48 Å². The van der Waals surface area contributed by atoms with Crippen LogP contribution in [-0.2, 0) is 19.1 Å². The van der Waals surface area contributed by atoms with Gasteiger partial charge in [-0.3, -0.25) is 19.6 Å². The Bertz CT molecular complexity index is 1130. The summed E-state index contributed by atoms with van der Waals surface area (Å²) in [7, 11) is 0. The van der Waals surface area contributed by atoms with Gasteiger partial charge in [-0.25, -0.2) is 5.48 Å². The summed E-state index contributed by atoms with van der Waals surface area (Å²) in [4.78, 5) is 38.5. The number of rotatable bonds is 7. The Labute approximate surface area is 234 Å². The molecule has 1 amide bonds. The second-order valence-corrected chi connectivity index (χ2v) is 14.4. The number of carbonyl (C=O) groups is 3. The molecule has 1 unspecified atom stereocenters. The molecule has 0 spiro atoms. The van der Waals surface area contributed by atoms with E-state index < -0.39 is 17.9 Å². The molecule has 2 saturated carbocycles. The topological polar surface area (TPSA) is 92.7 Å². The third-order valence-corrected chi connectivity index (χ3v) is 11.8. The van der Waals surface area contributed by atoms with Crippen LogP contribution in [0.5, 0.6) is 0 Å². The van der Waals surface area contributed by atoms with Crippen molar-refractivity contribution in [2.24, 2.45) is 45.3 Å². The first-order valence-corrected chi connectivity index (χ1v) is 14.8. The minimum absolute atomic E-state index is 0.0995. The molecule has 7 atom stereocenters. The van der Waals surface area contributed by atoms with Crippen molar-refractivity contribution in [3.63, 3.8) is 0 Å². The van der Waals surface area contributed by atoms with E-state index in [1.54, 1.807) is 0 Å². The van der Waals surface area contributed by atoms with Crippen LogP contribution < -0.4 is 5.48 Å². The lowest BCUT2D eigenvalue weighted by Crippen LogP contribution is -2.54. The molecule has 216 valence electrons. The normalized spacial score (nSPS) is 37.6. The Morgan fingerprint density at radius 2 is 1.82 bits per heavy atom. The van der Waals surface area contributed by atoms with Crippen molar-refractivity contribution >= 4 is 17.7 Å². The van der Waals surface area contributed by atoms with E-state index in [2.05, 4.69) is 67.2 Å². The average molecular weight is 540 g/mol. The summed E-state index contributed by atoms with van der Waals surface area (Å²) >= 11 is 0. The van der Waals surface area contributed by atoms with Crippen molar-refractivity contribution < 1.29 is 24.3 Å². The van der Waals surface area contributed by atoms with E-state index in [-0.39, 0.29) is 39.5 Å². The van der Waals surface area contributed by atoms with Gasteiger partial charge in [-0.1, -0.05) is 72.8 Å². The van der Waals surface area contributed by atoms with Gasteiger partial charge in [0.1, 0.15) is 11.9 Å². The fraction of sp³-hybridized carbons (Fsp3) is 0.727. The van der Waals surface area contributed by atoms with Crippen molar-refractivity contribution in [2.75, 3.05) is 0 Å². The average Bonchev–Trinajstić information content (AvgIpc) is 3.07. The van der Waals surface area contributed by atoms with E-state index >= 15 is 0 Å². The highest BCUT2D eigenvalue weighted by Gasteiger charge is 2.67. The predicted molar refractivity (Wildman–Crippen MR) is 152 cm³/mol. The quantitative estimate of drug-likeness (QED) is 0.162. The smallest absolute Gasteiger partial charge is 0.302 e. The number of Topliss-reactive ketones (excluding diaryl/α,β-unsaturated/α-hetero) is 1. The molecule has 0 aromatic heterocycles. The number of hydroxylamine groups is 1. The summed E-state index contributed by atoms with van der Waals surface area (Å²) in [5, 5.41) is 9.79. The van der Waals surface area contributed by atoms with Crippen LogP contribution in [0, 0.1) is 45.3 Å². The fourth-order valence-corrected chi connectivity index (χ4v) is 9.11. The highest BCUT2D eigenvalue weighted by molar-refractivity contribution is 5.86. The van der Waals surface area contributed by atoms with Crippen LogP contribution in [-0.4, -0.2) is 29.0 Å². The molecule has 2 N–H and O–H groups in total. The number of nitrogens with one attached hydrogen (secondary N) is 1. The summed E-state index contributed by atoms with van der Waals surface area (Å²) in [6.45, 7) is 20.9. The minimum Gasteiger partial charge on any atom is -0.462 e. The Hall–Kier alpha value is -2.21. The van der Waals surface area contributed by atoms with Crippen molar-refractivity contribution in [2.45, 2.75) is 106 Å². The van der Waals surface area contributed by atoms with E-state index in [4.69, 9.17) is 4.74 Å². The molecule has 0 bridgehead atoms. The van der Waals surface area contributed by atoms with Crippen LogP contribution in [0.3, 0.4) is 0 Å². The van der Waals surface area contributed by atoms with Crippen LogP contribution in [0.1, 0.15) is 100 Å². The lowest BCUT2D eigenvalue weighted by atomic mass is 9.44. The molecule has 0 radical (unpaired) electrons. The molecular weight excluding hydrogens is 490 g/mol. The SMILES string of the molecule is C=C(CC[C@@H](C(=O)NO)[C@H]1[C@H](OC(C)=O)C[C@@]2(C)C3=CCC4C(C)(C)C(=O)CC[C@]4(C)C3=CC[C@]12C)C(C)C. The first kappa shape index (κ1) is 29.8. The molecule has 0 aromatic rings. The van der Waals surface area contributed by atoms with Gasteiger partial charge >= 0.3 is 5.97 Å². The largest absolute Gasteiger partial charge is 0.462 e. The molecule has 0 heterocycles. The van der Waals surface area contributed by atoms with Crippen molar-refractivity contribution in [1.82, 2.24) is 5.48 Å². The summed E-state index contributed by atoms with van der Waals surface area (Å²) in [5.74, 6) is -0.689. The summed E-state index contributed by atoms with van der Waals surface area (Å²) in [6, 6.07) is 0. The molecule has 0 aliphatic heterocycles. The maximum Gasteiger partial charge on any atom is 0.302 e. The molecular formula is C33H49NO5. The number of carbonyl (C=O) groups excluding carboxylic acids is 3. The molecule has 6 heteroatoms. The van der Waals surface area contributed by atoms with Gasteiger partial charge in [0.2, 0.25) is 5.91 Å². The number of hydrogen-bond acceptors (Lipinski definition) is 5. The predicted octanol–water partition coefficient (Wildman–Crippen LogP) is 6.74. The van der Waals surface area contributed by atoms with Crippen molar-refractivity contribution in [1.29, 1.82) is 0 Å². The standard InChI is InChI=1S/C33H49NO5/c1-19(2)20(3)10-11-22(29(37)34-38)28-25(39-21(4)35)18-33(9)24-12-13-26-30(5,6)27(36)15-16-31(26,7)23(24)14-17-32(28,33)8/h12,14,19,22,25-26,28,38H,3,10-11,13,15-18H2,1-2,4-9H3,(H,34,37)/t22-,25-,26?,28+,31-,32-,33+/m1/s1. The molecule has 2 fully saturated rings. The number of esters is 1. The third kappa shape index (κ3) is 4.45. The van der Waals surface area contributed by atoms with Crippen molar-refractivity contribution in [3.05, 3.63) is 35.5 Å². The van der Waals surface area contributed by atoms with Gasteiger partial charge in [0.25, 0.3) is 0 Å². The zero-order valence-electron chi connectivity index (χ0n) is 25.3. The van der Waals surface area contributed by atoms with Gasteiger partial charge in [0.15, 0.2) is 0 Å². The second-order valence-electron chi connectivity index (χ2n) is 14.4. The lowest BCUT2D eigenvalue weighted by Gasteiger charge is -2.59. The summed E-state index contributed by atoms with van der Waals surface area (Å²) in [6.07, 6.45) is 9.12. The van der Waals surface area contributed by atoms with Crippen LogP contribution in [0.25, 0.3) is 0 Å². The maximum absolute atomic E-state index is 13.3. The number of hydrogen-bond donors (Lipinski definition) is 2. The van der Waals surface area contributed by atoms with Gasteiger partial charge < -0.3 is 4.74 Å². The van der Waals surface area contributed by atoms with E-state index in [1.165, 1.54) is 18.1 Å². The number of amides is 1. The number of fused-ring (bicyclic) bond motifs is 5. The third-order valence-electron chi connectivity index (χ3n) is 11.8. The zero-order chi connectivity index (χ0) is 29.1. The van der Waals surface area contributed by atoms with Gasteiger partial charge in [-0.05, 0) is 72.3 Å².